The second-order valence-corrected chi connectivity index (χ2v) is 7.85. The summed E-state index contributed by atoms with van der Waals surface area (Å²) < 4.78 is 0. The van der Waals surface area contributed by atoms with E-state index in [9.17, 15) is 14.4 Å². The zero-order valence-corrected chi connectivity index (χ0v) is 18.3. The highest BCUT2D eigenvalue weighted by atomic mass is 35.5. The summed E-state index contributed by atoms with van der Waals surface area (Å²) in [6.45, 7) is 1.69. The van der Waals surface area contributed by atoms with Crippen LogP contribution in [-0.2, 0) is 24.4 Å². The molecule has 0 spiro atoms. The van der Waals surface area contributed by atoms with E-state index in [2.05, 4.69) is 15.0 Å². The van der Waals surface area contributed by atoms with Crippen LogP contribution < -0.4 is 0 Å². The molecular formula is C24H15Cl2N3O3. The molecular weight excluding hydrogens is 449 g/mol. The molecule has 0 aromatic heterocycles. The smallest absolute Gasteiger partial charge is 0.211 e. The summed E-state index contributed by atoms with van der Waals surface area (Å²) >= 11 is 13.8. The maximum Gasteiger partial charge on any atom is 0.240 e. The van der Waals surface area contributed by atoms with Crippen molar-refractivity contribution in [3.05, 3.63) is 101 Å². The molecule has 2 atom stereocenters. The number of hydrogen-bond donors (Lipinski definition) is 0. The molecule has 8 heteroatoms. The van der Waals surface area contributed by atoms with Crippen molar-refractivity contribution in [2.45, 2.75) is 16.9 Å². The van der Waals surface area contributed by atoms with Gasteiger partial charge in [-0.2, -0.15) is 15.0 Å². The van der Waals surface area contributed by atoms with Gasteiger partial charge < -0.3 is 0 Å². The molecule has 0 N–H and O–H groups in total. The number of isocyanates is 3. The van der Waals surface area contributed by atoms with E-state index < -0.39 is 10.00 Å². The van der Waals surface area contributed by atoms with Gasteiger partial charge in [0.1, 0.15) is 0 Å². The van der Waals surface area contributed by atoms with Gasteiger partial charge in [-0.3, -0.25) is 0 Å². The SMILES string of the molecule is Cc1c(C(Cl)(N=C=O)c2ccccc2)cc(N=C=O)cc1C(Cl)(N=C=O)c1ccccc1. The number of alkyl halides is 2. The van der Waals surface area contributed by atoms with Crippen LogP contribution in [0, 0.1) is 6.92 Å². The Morgan fingerprint density at radius 2 is 1.09 bits per heavy atom. The number of halogens is 2. The highest BCUT2D eigenvalue weighted by molar-refractivity contribution is 6.27. The molecule has 0 bridgehead atoms. The van der Waals surface area contributed by atoms with E-state index in [1.807, 2.05) is 0 Å². The Labute approximate surface area is 194 Å². The average Bonchev–Trinajstić information content (AvgIpc) is 2.81. The lowest BCUT2D eigenvalue weighted by Gasteiger charge is -2.29. The first-order valence-corrected chi connectivity index (χ1v) is 10.1. The first kappa shape index (κ1) is 23.1. The van der Waals surface area contributed by atoms with Crippen molar-refractivity contribution in [2.24, 2.45) is 15.0 Å². The monoisotopic (exact) mass is 463 g/mol. The Hall–Kier alpha value is -3.62. The normalized spacial score (nSPS) is 14.0. The molecule has 0 heterocycles. The Balaban J connectivity index is 2.43. The number of hydrogen-bond acceptors (Lipinski definition) is 6. The van der Waals surface area contributed by atoms with Gasteiger partial charge in [-0.25, -0.2) is 14.4 Å². The minimum atomic E-state index is -1.70. The molecule has 3 rings (SSSR count). The standard InChI is InChI=1S/C24H15Cl2N3O3/c1-17-21(23(25,28-15-31)18-8-4-2-5-9-18)12-20(27-14-30)13-22(17)24(26,29-16-32)19-10-6-3-7-11-19/h2-13H,1H3. The number of carbonyl (C=O) groups excluding carboxylic acids is 3. The molecule has 0 amide bonds. The van der Waals surface area contributed by atoms with Crippen molar-refractivity contribution < 1.29 is 14.4 Å². The first-order valence-electron chi connectivity index (χ1n) is 9.31. The highest BCUT2D eigenvalue weighted by Gasteiger charge is 2.39. The fourth-order valence-corrected chi connectivity index (χ4v) is 4.22. The lowest BCUT2D eigenvalue weighted by Crippen LogP contribution is -2.24. The van der Waals surface area contributed by atoms with Gasteiger partial charge in [0, 0.05) is 11.1 Å². The molecule has 0 aliphatic heterocycles. The van der Waals surface area contributed by atoms with Gasteiger partial charge in [-0.15, -0.1) is 0 Å². The first-order chi connectivity index (χ1) is 15.4. The number of nitrogens with zero attached hydrogens (tertiary/aromatic N) is 3. The Morgan fingerprint density at radius 3 is 1.44 bits per heavy atom. The van der Waals surface area contributed by atoms with Gasteiger partial charge in [0.15, 0.2) is 10.00 Å². The van der Waals surface area contributed by atoms with Crippen LogP contribution in [0.3, 0.4) is 0 Å². The molecule has 2 unspecified atom stereocenters. The predicted octanol–water partition coefficient (Wildman–Crippen LogP) is 5.51. The van der Waals surface area contributed by atoms with Crippen LogP contribution in [0.4, 0.5) is 5.69 Å². The summed E-state index contributed by atoms with van der Waals surface area (Å²) in [6, 6.07) is 20.3. The van der Waals surface area contributed by atoms with E-state index in [-0.39, 0.29) is 5.69 Å². The zero-order chi connectivity index (χ0) is 23.2. The number of rotatable bonds is 7. The van der Waals surface area contributed by atoms with E-state index in [1.54, 1.807) is 67.6 Å². The third-order valence-corrected chi connectivity index (χ3v) is 6.01. The fourth-order valence-electron chi connectivity index (χ4n) is 3.51. The predicted molar refractivity (Wildman–Crippen MR) is 121 cm³/mol. The van der Waals surface area contributed by atoms with Gasteiger partial charge in [-0.05, 0) is 35.7 Å². The maximum absolute atomic E-state index is 11.3. The second kappa shape index (κ2) is 9.67. The van der Waals surface area contributed by atoms with Crippen LogP contribution in [0.2, 0.25) is 0 Å². The second-order valence-electron chi connectivity index (χ2n) is 6.75. The van der Waals surface area contributed by atoms with Crippen LogP contribution in [0.25, 0.3) is 0 Å². The molecule has 0 fully saturated rings. The van der Waals surface area contributed by atoms with Gasteiger partial charge >= 0.3 is 0 Å². The summed E-state index contributed by atoms with van der Waals surface area (Å²) in [7, 11) is 0. The van der Waals surface area contributed by atoms with E-state index >= 15 is 0 Å². The highest BCUT2D eigenvalue weighted by Crippen LogP contribution is 2.47. The van der Waals surface area contributed by atoms with E-state index in [0.717, 1.165) is 0 Å². The van der Waals surface area contributed by atoms with Crippen molar-refractivity contribution in [1.29, 1.82) is 0 Å². The quantitative estimate of drug-likeness (QED) is 0.200. The Morgan fingerprint density at radius 1 is 0.688 bits per heavy atom. The molecule has 0 aliphatic rings. The van der Waals surface area contributed by atoms with E-state index in [1.165, 1.54) is 30.4 Å². The molecule has 0 radical (unpaired) electrons. The van der Waals surface area contributed by atoms with Crippen LogP contribution in [0.1, 0.15) is 27.8 Å². The van der Waals surface area contributed by atoms with Crippen molar-refractivity contribution in [3.8, 4) is 0 Å². The van der Waals surface area contributed by atoms with E-state index in [0.29, 0.717) is 27.8 Å². The number of aliphatic imine (C=N–C) groups is 3. The van der Waals surface area contributed by atoms with Crippen molar-refractivity contribution >= 4 is 47.1 Å². The Kier molecular flexibility index (Phi) is 6.97. The molecule has 3 aromatic rings. The summed E-state index contributed by atoms with van der Waals surface area (Å²) in [5.74, 6) is 0. The molecule has 0 saturated carbocycles. The summed E-state index contributed by atoms with van der Waals surface area (Å²) in [6.07, 6.45) is 4.51. The maximum atomic E-state index is 11.3. The average molecular weight is 464 g/mol. The lowest BCUT2D eigenvalue weighted by molar-refractivity contribution is 0.557. The minimum Gasteiger partial charge on any atom is -0.211 e. The Bertz CT molecular complexity index is 1190. The van der Waals surface area contributed by atoms with Crippen LogP contribution >= 0.6 is 23.2 Å². The summed E-state index contributed by atoms with van der Waals surface area (Å²) in [5, 5.41) is 0. The zero-order valence-electron chi connectivity index (χ0n) is 16.8. The van der Waals surface area contributed by atoms with Gasteiger partial charge in [0.25, 0.3) is 0 Å². The van der Waals surface area contributed by atoms with E-state index in [4.69, 9.17) is 23.2 Å². The van der Waals surface area contributed by atoms with Crippen molar-refractivity contribution in [3.63, 3.8) is 0 Å². The molecule has 158 valence electrons. The van der Waals surface area contributed by atoms with Crippen LogP contribution in [0.15, 0.2) is 87.8 Å². The molecule has 3 aromatic carbocycles. The number of benzene rings is 3. The minimum absolute atomic E-state index is 0.139. The third-order valence-electron chi connectivity index (χ3n) is 4.99. The summed E-state index contributed by atoms with van der Waals surface area (Å²) in [5.41, 5.74) is 2.19. The summed E-state index contributed by atoms with van der Waals surface area (Å²) in [4.78, 5) is 41.8. The molecule has 32 heavy (non-hydrogen) atoms. The molecule has 0 aliphatic carbocycles. The van der Waals surface area contributed by atoms with Crippen molar-refractivity contribution in [2.75, 3.05) is 0 Å². The largest absolute Gasteiger partial charge is 0.240 e. The molecule has 6 nitrogen and oxygen atoms in total. The van der Waals surface area contributed by atoms with Crippen LogP contribution in [-0.4, -0.2) is 18.2 Å². The van der Waals surface area contributed by atoms with Gasteiger partial charge in [0.05, 0.1) is 5.69 Å². The fraction of sp³-hybridized carbons (Fsp3) is 0.125. The van der Waals surface area contributed by atoms with Crippen LogP contribution in [0.5, 0.6) is 0 Å². The van der Waals surface area contributed by atoms with Gasteiger partial charge in [-0.1, -0.05) is 83.9 Å². The van der Waals surface area contributed by atoms with Crippen molar-refractivity contribution in [1.82, 2.24) is 0 Å². The lowest BCUT2D eigenvalue weighted by atomic mass is 9.87. The molecule has 0 saturated heterocycles. The topological polar surface area (TPSA) is 88.3 Å². The van der Waals surface area contributed by atoms with Gasteiger partial charge in [0.2, 0.25) is 18.2 Å². The third kappa shape index (κ3) is 4.23.